The van der Waals surface area contributed by atoms with E-state index in [4.69, 9.17) is 19.7 Å². The summed E-state index contributed by atoms with van der Waals surface area (Å²) < 4.78 is 11.9. The molecule has 0 unspecified atom stereocenters. The Morgan fingerprint density at radius 1 is 0.717 bits per heavy atom. The van der Waals surface area contributed by atoms with Gasteiger partial charge in [0.2, 0.25) is 0 Å². The zero-order chi connectivity index (χ0) is 33.9. The van der Waals surface area contributed by atoms with Crippen LogP contribution in [0.2, 0.25) is 0 Å². The van der Waals surface area contributed by atoms with Crippen molar-refractivity contribution in [3.05, 3.63) is 12.2 Å². The number of carbonyl (C=O) groups is 4. The maximum Gasteiger partial charge on any atom is 0.306 e. The van der Waals surface area contributed by atoms with Crippen LogP contribution in [0.1, 0.15) is 131 Å². The Hall–Kier alpha value is -2.38. The summed E-state index contributed by atoms with van der Waals surface area (Å²) in [7, 11) is 0. The third-order valence-electron chi connectivity index (χ3n) is 15.1. The number of esters is 2. The zero-order valence-corrected chi connectivity index (χ0v) is 29.1. The molecule has 5 aliphatic carbocycles. The molecule has 5 aliphatic rings. The molecule has 0 saturated heterocycles. The van der Waals surface area contributed by atoms with Crippen molar-refractivity contribution in [2.45, 2.75) is 138 Å². The number of aliphatic carboxylic acids is 2. The Balaban J connectivity index is 1.38. The molecule has 258 valence electrons. The fourth-order valence-electron chi connectivity index (χ4n) is 12.7. The van der Waals surface area contributed by atoms with E-state index in [1.54, 1.807) is 0 Å². The summed E-state index contributed by atoms with van der Waals surface area (Å²) in [6, 6.07) is 0. The topological polar surface area (TPSA) is 127 Å². The Morgan fingerprint density at radius 2 is 1.37 bits per heavy atom. The fourth-order valence-corrected chi connectivity index (χ4v) is 12.7. The average molecular weight is 643 g/mol. The van der Waals surface area contributed by atoms with Crippen LogP contribution in [-0.4, -0.2) is 46.8 Å². The molecular weight excluding hydrogens is 584 g/mol. The summed E-state index contributed by atoms with van der Waals surface area (Å²) in [5, 5.41) is 18.1. The first-order valence-corrected chi connectivity index (χ1v) is 17.9. The molecule has 5 fully saturated rings. The van der Waals surface area contributed by atoms with Crippen LogP contribution in [0.4, 0.5) is 0 Å². The second-order valence-corrected chi connectivity index (χ2v) is 17.3. The highest BCUT2D eigenvalue weighted by Gasteiger charge is 2.71. The third kappa shape index (κ3) is 5.61. The highest BCUT2D eigenvalue weighted by Crippen LogP contribution is 2.77. The number of carboxylic acids is 2. The summed E-state index contributed by atoms with van der Waals surface area (Å²) in [5.74, 6) is -0.505. The molecule has 5 saturated carbocycles. The average Bonchev–Trinajstić information content (AvgIpc) is 3.36. The van der Waals surface area contributed by atoms with Gasteiger partial charge in [-0.3, -0.25) is 19.2 Å². The first-order chi connectivity index (χ1) is 21.4. The van der Waals surface area contributed by atoms with Crippen molar-refractivity contribution in [2.75, 3.05) is 6.61 Å². The van der Waals surface area contributed by atoms with Gasteiger partial charge in [-0.15, -0.1) is 0 Å². The predicted molar refractivity (Wildman–Crippen MR) is 174 cm³/mol. The van der Waals surface area contributed by atoms with Crippen LogP contribution < -0.4 is 0 Å². The van der Waals surface area contributed by atoms with Crippen molar-refractivity contribution in [2.24, 2.45) is 56.7 Å². The van der Waals surface area contributed by atoms with E-state index in [1.807, 2.05) is 0 Å². The molecule has 46 heavy (non-hydrogen) atoms. The second kappa shape index (κ2) is 12.3. The molecule has 0 aromatic carbocycles. The lowest BCUT2D eigenvalue weighted by molar-refractivity contribution is -0.252. The zero-order valence-electron chi connectivity index (χ0n) is 29.1. The van der Waals surface area contributed by atoms with Gasteiger partial charge < -0.3 is 19.7 Å². The van der Waals surface area contributed by atoms with Crippen molar-refractivity contribution < 1.29 is 38.9 Å². The molecule has 10 atom stereocenters. The lowest BCUT2D eigenvalue weighted by Gasteiger charge is -2.73. The van der Waals surface area contributed by atoms with Crippen molar-refractivity contribution in [3.63, 3.8) is 0 Å². The van der Waals surface area contributed by atoms with Gasteiger partial charge in [0.15, 0.2) is 0 Å². The van der Waals surface area contributed by atoms with Gasteiger partial charge in [-0.05, 0) is 117 Å². The van der Waals surface area contributed by atoms with E-state index in [2.05, 4.69) is 48.1 Å². The predicted octanol–water partition coefficient (Wildman–Crippen LogP) is 7.83. The summed E-state index contributed by atoms with van der Waals surface area (Å²) >= 11 is 0. The van der Waals surface area contributed by atoms with Crippen LogP contribution in [0, 0.1) is 56.7 Å². The minimum Gasteiger partial charge on any atom is -0.481 e. The van der Waals surface area contributed by atoms with Crippen molar-refractivity contribution >= 4 is 23.9 Å². The number of hydrogen-bond donors (Lipinski definition) is 2. The van der Waals surface area contributed by atoms with E-state index in [-0.39, 0.29) is 58.9 Å². The smallest absolute Gasteiger partial charge is 0.306 e. The van der Waals surface area contributed by atoms with Crippen LogP contribution in [0.5, 0.6) is 0 Å². The highest BCUT2D eigenvalue weighted by atomic mass is 16.5. The summed E-state index contributed by atoms with van der Waals surface area (Å²) in [6.45, 7) is 19.2. The van der Waals surface area contributed by atoms with Crippen molar-refractivity contribution in [1.82, 2.24) is 0 Å². The van der Waals surface area contributed by atoms with Crippen LogP contribution in [0.15, 0.2) is 12.2 Å². The minimum atomic E-state index is -0.980. The molecule has 0 bridgehead atoms. The quantitative estimate of drug-likeness (QED) is 0.182. The number of ether oxygens (including phenoxy) is 2. The van der Waals surface area contributed by atoms with E-state index >= 15 is 0 Å². The summed E-state index contributed by atoms with van der Waals surface area (Å²) in [5.41, 5.74) is 1.35. The van der Waals surface area contributed by atoms with Gasteiger partial charge in [0.1, 0.15) is 6.10 Å². The molecule has 0 aromatic rings. The molecule has 5 rings (SSSR count). The maximum absolute atomic E-state index is 12.6. The molecular formula is C38H58O8. The normalized spacial score (nSPS) is 42.4. The van der Waals surface area contributed by atoms with E-state index in [0.29, 0.717) is 36.2 Å². The number of rotatable bonds is 10. The lowest BCUT2D eigenvalue weighted by Crippen LogP contribution is -2.67. The van der Waals surface area contributed by atoms with E-state index < -0.39 is 23.9 Å². The Morgan fingerprint density at radius 3 is 2.00 bits per heavy atom. The highest BCUT2D eigenvalue weighted by molar-refractivity contribution is 5.77. The lowest BCUT2D eigenvalue weighted by atomic mass is 9.32. The van der Waals surface area contributed by atoms with Gasteiger partial charge in [-0.2, -0.15) is 0 Å². The Labute approximate surface area is 275 Å². The molecule has 8 nitrogen and oxygen atoms in total. The Kier molecular flexibility index (Phi) is 9.31. The molecule has 0 aliphatic heterocycles. The van der Waals surface area contributed by atoms with Gasteiger partial charge in [0.25, 0.3) is 0 Å². The van der Waals surface area contributed by atoms with Crippen LogP contribution >= 0.6 is 0 Å². The van der Waals surface area contributed by atoms with Crippen LogP contribution in [-0.2, 0) is 28.7 Å². The Bertz CT molecular complexity index is 1250. The SMILES string of the molecule is C=C(C)[C@H]1CC[C@@]2(COC(=O)CCC(=O)O)CC[C@@]3(C)[C@@H](CC[C@H]4[C@]5(C)CC[C@H](OC(=O)CCC(=O)O)C(C)(C)[C@@H]5CC[C@@]43C)[C@H]12. The van der Waals surface area contributed by atoms with Gasteiger partial charge >= 0.3 is 23.9 Å². The number of hydrogen-bond acceptors (Lipinski definition) is 6. The summed E-state index contributed by atoms with van der Waals surface area (Å²) in [4.78, 5) is 47.3. The van der Waals surface area contributed by atoms with E-state index in [1.165, 1.54) is 5.57 Å². The van der Waals surface area contributed by atoms with Gasteiger partial charge in [0.05, 0.1) is 32.3 Å². The van der Waals surface area contributed by atoms with Crippen LogP contribution in [0.25, 0.3) is 0 Å². The molecule has 0 radical (unpaired) electrons. The van der Waals surface area contributed by atoms with Gasteiger partial charge in [-0.25, -0.2) is 0 Å². The van der Waals surface area contributed by atoms with Crippen molar-refractivity contribution in [3.8, 4) is 0 Å². The van der Waals surface area contributed by atoms with Gasteiger partial charge in [-0.1, -0.05) is 46.8 Å². The maximum atomic E-state index is 12.6. The molecule has 0 amide bonds. The first kappa shape index (κ1) is 34.9. The third-order valence-corrected chi connectivity index (χ3v) is 15.1. The number of carbonyl (C=O) groups excluding carboxylic acids is 2. The largest absolute Gasteiger partial charge is 0.481 e. The van der Waals surface area contributed by atoms with Crippen molar-refractivity contribution in [1.29, 1.82) is 0 Å². The molecule has 0 heterocycles. The number of carboxylic acid groups (broad SMARTS) is 2. The molecule has 0 aromatic heterocycles. The van der Waals surface area contributed by atoms with Crippen LogP contribution in [0.3, 0.4) is 0 Å². The standard InChI is InChI=1S/C38H58O8/c1-23(2)24-14-19-38(22-45-31(43)12-10-29(39)40)21-20-36(6)25(33(24)38)8-9-27-35(5)17-16-28(46-32(44)13-11-30(41)42)34(3,4)26(35)15-18-37(27,36)7/h24-28,33H,1,8-22H2,2-7H3,(H,39,40)(H,41,42)/t24-,25+,26+,27+,28+,33+,35-,36+,37+,38+/m1/s1. The molecule has 0 spiro atoms. The fraction of sp³-hybridized carbons (Fsp3) is 0.842. The monoisotopic (exact) mass is 642 g/mol. The number of allylic oxidation sites excluding steroid dienone is 1. The first-order valence-electron chi connectivity index (χ1n) is 17.9. The van der Waals surface area contributed by atoms with E-state index in [9.17, 15) is 19.2 Å². The molecule has 2 N–H and O–H groups in total. The summed E-state index contributed by atoms with van der Waals surface area (Å²) in [6.07, 6.45) is 9.79. The molecule has 8 heteroatoms. The van der Waals surface area contributed by atoms with E-state index in [0.717, 1.165) is 64.2 Å². The van der Waals surface area contributed by atoms with Gasteiger partial charge in [0, 0.05) is 10.8 Å². The minimum absolute atomic E-state index is 0.0818. The number of fused-ring (bicyclic) bond motifs is 7. The second-order valence-electron chi connectivity index (χ2n) is 17.3.